The number of hydrogen-bond acceptors (Lipinski definition) is 7. The summed E-state index contributed by atoms with van der Waals surface area (Å²) in [6.45, 7) is 5.25. The number of aromatic nitrogens is 2. The molecule has 1 amide bonds. The van der Waals surface area contributed by atoms with Crippen LogP contribution in [0.5, 0.6) is 5.06 Å². The van der Waals surface area contributed by atoms with Gasteiger partial charge in [0.2, 0.25) is 5.06 Å². The van der Waals surface area contributed by atoms with Gasteiger partial charge in [-0.25, -0.2) is 13.8 Å². The summed E-state index contributed by atoms with van der Waals surface area (Å²) in [5.41, 5.74) is -0.694. The number of carbonyl (C=O) groups is 1. The summed E-state index contributed by atoms with van der Waals surface area (Å²) >= 11 is 2.10. The number of thiazole rings is 1. The highest BCUT2D eigenvalue weighted by atomic mass is 32.1. The van der Waals surface area contributed by atoms with Crippen LogP contribution < -0.4 is 10.1 Å². The molecule has 1 aromatic carbocycles. The Hall–Kier alpha value is -2.43. The van der Waals surface area contributed by atoms with Crippen LogP contribution in [0.1, 0.15) is 35.6 Å². The molecule has 0 atom stereocenters. The smallest absolute Gasteiger partial charge is 0.275 e. The molecule has 0 aliphatic rings. The van der Waals surface area contributed by atoms with Gasteiger partial charge in [0.05, 0.1) is 24.0 Å². The lowest BCUT2D eigenvalue weighted by molar-refractivity contribution is 0.0559. The van der Waals surface area contributed by atoms with Crippen LogP contribution in [0.4, 0.5) is 14.5 Å². The second-order valence-corrected chi connectivity index (χ2v) is 8.88. The molecule has 0 saturated carbocycles. The summed E-state index contributed by atoms with van der Waals surface area (Å²) in [7, 11) is 0. The van der Waals surface area contributed by atoms with Gasteiger partial charge < -0.3 is 15.2 Å². The Morgan fingerprint density at radius 3 is 2.66 bits per heavy atom. The highest BCUT2D eigenvalue weighted by Gasteiger charge is 2.22. The molecule has 3 rings (SSSR count). The van der Waals surface area contributed by atoms with Crippen molar-refractivity contribution >= 4 is 34.5 Å². The van der Waals surface area contributed by atoms with Crippen LogP contribution in [0.15, 0.2) is 24.4 Å². The zero-order valence-corrected chi connectivity index (χ0v) is 17.6. The summed E-state index contributed by atoms with van der Waals surface area (Å²) < 4.78 is 37.6. The summed E-state index contributed by atoms with van der Waals surface area (Å²) in [5.74, 6) is -2.01. The van der Waals surface area contributed by atoms with Crippen molar-refractivity contribution in [3.05, 3.63) is 46.6 Å². The molecule has 6 nitrogen and oxygen atoms in total. The van der Waals surface area contributed by atoms with Gasteiger partial charge >= 0.3 is 0 Å². The molecule has 0 spiro atoms. The average molecular weight is 440 g/mol. The number of nitrogens with one attached hydrogen (secondary N) is 1. The van der Waals surface area contributed by atoms with Crippen LogP contribution in [-0.2, 0) is 0 Å². The number of benzene rings is 1. The predicted molar refractivity (Wildman–Crippen MR) is 109 cm³/mol. The van der Waals surface area contributed by atoms with Crippen LogP contribution in [-0.4, -0.2) is 32.6 Å². The normalized spacial score (nSPS) is 11.5. The predicted octanol–water partition coefficient (Wildman–Crippen LogP) is 4.65. The first-order valence-corrected chi connectivity index (χ1v) is 10.3. The zero-order chi connectivity index (χ0) is 21.2. The van der Waals surface area contributed by atoms with Gasteiger partial charge in [0.15, 0.2) is 0 Å². The van der Waals surface area contributed by atoms with Crippen LogP contribution in [0.25, 0.3) is 10.6 Å². The lowest BCUT2D eigenvalue weighted by Crippen LogP contribution is -2.22. The molecular formula is C19H19F2N3O3S2. The molecule has 154 valence electrons. The fraction of sp³-hybridized carbons (Fsp3) is 0.316. The molecule has 0 bridgehead atoms. The number of rotatable bonds is 7. The van der Waals surface area contributed by atoms with Gasteiger partial charge in [-0.1, -0.05) is 6.07 Å². The molecule has 2 heterocycles. The van der Waals surface area contributed by atoms with E-state index in [1.807, 2.05) is 0 Å². The Morgan fingerprint density at radius 1 is 1.31 bits per heavy atom. The largest absolute Gasteiger partial charge is 0.481 e. The topological polar surface area (TPSA) is 84.3 Å². The molecule has 29 heavy (non-hydrogen) atoms. The van der Waals surface area contributed by atoms with E-state index in [2.05, 4.69) is 14.7 Å². The summed E-state index contributed by atoms with van der Waals surface area (Å²) in [4.78, 5) is 17.3. The van der Waals surface area contributed by atoms with Crippen molar-refractivity contribution < 1.29 is 23.4 Å². The van der Waals surface area contributed by atoms with Crippen LogP contribution in [0.3, 0.4) is 0 Å². The molecule has 10 heteroatoms. The van der Waals surface area contributed by atoms with Crippen LogP contribution in [0.2, 0.25) is 0 Å². The molecule has 0 fully saturated rings. The Bertz CT molecular complexity index is 1010. The molecule has 0 radical (unpaired) electrons. The summed E-state index contributed by atoms with van der Waals surface area (Å²) in [5, 5.41) is 12.9. The van der Waals surface area contributed by atoms with Gasteiger partial charge in [0, 0.05) is 22.8 Å². The molecule has 2 aromatic heterocycles. The standard InChI is InChI=1S/C19H19F2N3O3S2/c1-10-15(24-17(28-10)14-11(20)5-4-6-12(14)21)16(25)23-13-9-22-29-18(13)27-8-7-19(2,3)26/h4-6,9,26H,7-8H2,1-3H3,(H,23,25). The quantitative estimate of drug-likeness (QED) is 0.560. The van der Waals surface area contributed by atoms with Gasteiger partial charge in [0.25, 0.3) is 5.91 Å². The molecule has 0 unspecified atom stereocenters. The van der Waals surface area contributed by atoms with E-state index < -0.39 is 23.1 Å². The number of ether oxygens (including phenoxy) is 1. The highest BCUT2D eigenvalue weighted by Crippen LogP contribution is 2.33. The molecule has 0 aliphatic carbocycles. The van der Waals surface area contributed by atoms with Crippen LogP contribution >= 0.6 is 22.9 Å². The second kappa shape index (κ2) is 8.52. The monoisotopic (exact) mass is 439 g/mol. The Kier molecular flexibility index (Phi) is 6.25. The van der Waals surface area contributed by atoms with E-state index in [1.165, 1.54) is 12.3 Å². The Labute approximate surface area is 174 Å². The number of amides is 1. The Balaban J connectivity index is 1.76. The van der Waals surface area contributed by atoms with E-state index in [9.17, 15) is 18.7 Å². The molecule has 3 aromatic rings. The van der Waals surface area contributed by atoms with Crippen molar-refractivity contribution in [1.29, 1.82) is 0 Å². The summed E-state index contributed by atoms with van der Waals surface area (Å²) in [6, 6.07) is 3.55. The maximum atomic E-state index is 14.0. The number of aryl methyl sites for hydroxylation is 1. The molecule has 2 N–H and O–H groups in total. The van der Waals surface area contributed by atoms with Crippen molar-refractivity contribution in [3.8, 4) is 15.6 Å². The lowest BCUT2D eigenvalue weighted by atomic mass is 10.1. The van der Waals surface area contributed by atoms with Gasteiger partial charge in [0.1, 0.15) is 28.0 Å². The first-order chi connectivity index (χ1) is 13.7. The second-order valence-electron chi connectivity index (χ2n) is 6.91. The minimum absolute atomic E-state index is 0.0706. The average Bonchev–Trinajstić information content (AvgIpc) is 3.20. The van der Waals surface area contributed by atoms with E-state index in [4.69, 9.17) is 4.74 Å². The first-order valence-electron chi connectivity index (χ1n) is 8.69. The number of hydrogen-bond donors (Lipinski definition) is 2. The van der Waals surface area contributed by atoms with Crippen molar-refractivity contribution in [2.24, 2.45) is 0 Å². The third-order valence-corrected chi connectivity index (χ3v) is 5.62. The molecule has 0 aliphatic heterocycles. The van der Waals surface area contributed by atoms with Gasteiger partial charge in [-0.2, -0.15) is 4.37 Å². The van der Waals surface area contributed by atoms with Crippen molar-refractivity contribution in [2.75, 3.05) is 11.9 Å². The summed E-state index contributed by atoms with van der Waals surface area (Å²) in [6.07, 6.45) is 1.85. The van der Waals surface area contributed by atoms with Gasteiger partial charge in [-0.3, -0.25) is 4.79 Å². The van der Waals surface area contributed by atoms with E-state index >= 15 is 0 Å². The molecular weight excluding hydrogens is 420 g/mol. The van der Waals surface area contributed by atoms with Gasteiger partial charge in [-0.15, -0.1) is 11.3 Å². The third-order valence-electron chi connectivity index (χ3n) is 3.92. The van der Waals surface area contributed by atoms with E-state index in [1.54, 1.807) is 20.8 Å². The minimum Gasteiger partial charge on any atom is -0.481 e. The SMILES string of the molecule is Cc1sc(-c2c(F)cccc2F)nc1C(=O)Nc1cnsc1OCCC(C)(C)O. The number of anilines is 1. The van der Waals surface area contributed by atoms with Gasteiger partial charge in [-0.05, 0) is 32.9 Å². The Morgan fingerprint density at radius 2 is 2.00 bits per heavy atom. The minimum atomic E-state index is -0.871. The fourth-order valence-corrected chi connectivity index (χ4v) is 3.96. The van der Waals surface area contributed by atoms with Crippen LogP contribution in [0, 0.1) is 18.6 Å². The molecule has 0 saturated heterocycles. The van der Waals surface area contributed by atoms with E-state index in [0.29, 0.717) is 22.0 Å². The lowest BCUT2D eigenvalue weighted by Gasteiger charge is -2.16. The zero-order valence-electron chi connectivity index (χ0n) is 16.0. The van der Waals surface area contributed by atoms with E-state index in [-0.39, 0.29) is 22.9 Å². The highest BCUT2D eigenvalue weighted by molar-refractivity contribution is 7.15. The fourth-order valence-electron chi connectivity index (χ4n) is 2.41. The number of nitrogens with zero attached hydrogens (tertiary/aromatic N) is 2. The van der Waals surface area contributed by atoms with Crippen molar-refractivity contribution in [1.82, 2.24) is 9.36 Å². The third kappa shape index (κ3) is 5.14. The maximum Gasteiger partial charge on any atom is 0.275 e. The first kappa shape index (κ1) is 21.3. The number of aliphatic hydroxyl groups is 1. The van der Waals surface area contributed by atoms with Crippen molar-refractivity contribution in [3.63, 3.8) is 0 Å². The van der Waals surface area contributed by atoms with Crippen molar-refractivity contribution in [2.45, 2.75) is 32.8 Å². The maximum absolute atomic E-state index is 14.0. The van der Waals surface area contributed by atoms with E-state index in [0.717, 1.165) is 35.0 Å². The number of halogens is 2. The number of carbonyl (C=O) groups excluding carboxylic acids is 1.